The number of hydrogen-bond donors (Lipinski definition) is 1. The molecule has 0 unspecified atom stereocenters. The second kappa shape index (κ2) is 8.97. The van der Waals surface area contributed by atoms with Gasteiger partial charge in [0.05, 0.1) is 20.3 Å². The summed E-state index contributed by atoms with van der Waals surface area (Å²) >= 11 is 0. The van der Waals surface area contributed by atoms with Gasteiger partial charge >= 0.3 is 0 Å². The summed E-state index contributed by atoms with van der Waals surface area (Å²) in [4.78, 5) is 14.1. The van der Waals surface area contributed by atoms with Crippen molar-refractivity contribution in [1.29, 1.82) is 0 Å². The van der Waals surface area contributed by atoms with Crippen molar-refractivity contribution in [2.24, 2.45) is 0 Å². The quantitative estimate of drug-likeness (QED) is 0.831. The lowest BCUT2D eigenvalue weighted by Gasteiger charge is -2.40. The van der Waals surface area contributed by atoms with Gasteiger partial charge in [-0.1, -0.05) is 0 Å². The average Bonchev–Trinajstić information content (AvgIpc) is 2.77. The minimum Gasteiger partial charge on any atom is -0.496 e. The monoisotopic (exact) mass is 397 g/mol. The number of hydrogen-bond acceptors (Lipinski definition) is 7. The maximum absolute atomic E-state index is 5.49. The van der Waals surface area contributed by atoms with E-state index in [1.54, 1.807) is 7.11 Å². The summed E-state index contributed by atoms with van der Waals surface area (Å²) < 4.78 is 11.0. The van der Waals surface area contributed by atoms with Gasteiger partial charge in [-0.3, -0.25) is 4.90 Å². The molecule has 7 heteroatoms. The van der Waals surface area contributed by atoms with Crippen LogP contribution in [-0.4, -0.2) is 67.4 Å². The molecule has 156 valence electrons. The van der Waals surface area contributed by atoms with Gasteiger partial charge in [-0.15, -0.1) is 0 Å². The van der Waals surface area contributed by atoms with E-state index in [-0.39, 0.29) is 0 Å². The molecule has 2 fully saturated rings. The van der Waals surface area contributed by atoms with Crippen LogP contribution in [0.3, 0.4) is 0 Å². The lowest BCUT2D eigenvalue weighted by atomic mass is 10.0. The summed E-state index contributed by atoms with van der Waals surface area (Å²) in [6.45, 7) is 10.0. The van der Waals surface area contributed by atoms with Crippen LogP contribution in [0.1, 0.15) is 24.0 Å². The van der Waals surface area contributed by atoms with Crippen molar-refractivity contribution >= 4 is 17.5 Å². The summed E-state index contributed by atoms with van der Waals surface area (Å²) in [5.41, 5.74) is 3.26. The van der Waals surface area contributed by atoms with Gasteiger partial charge in [-0.25, -0.2) is 4.98 Å². The van der Waals surface area contributed by atoms with Crippen LogP contribution < -0.4 is 15.0 Å². The zero-order chi connectivity index (χ0) is 20.2. The molecule has 0 radical (unpaired) electrons. The summed E-state index contributed by atoms with van der Waals surface area (Å²) in [7, 11) is 1.70. The third kappa shape index (κ3) is 4.62. The smallest absolute Gasteiger partial charge is 0.229 e. The fourth-order valence-electron chi connectivity index (χ4n) is 4.23. The first kappa shape index (κ1) is 19.9. The number of anilines is 3. The maximum atomic E-state index is 5.49. The Morgan fingerprint density at radius 2 is 1.86 bits per heavy atom. The molecular formula is C22H31N5O2. The lowest BCUT2D eigenvalue weighted by molar-refractivity contribution is 0.0115. The number of aryl methyl sites for hydroxylation is 1. The highest BCUT2D eigenvalue weighted by Gasteiger charge is 2.26. The van der Waals surface area contributed by atoms with Crippen LogP contribution in [-0.2, 0) is 4.74 Å². The number of nitrogens with one attached hydrogen (secondary N) is 1. The van der Waals surface area contributed by atoms with Gasteiger partial charge in [0, 0.05) is 50.2 Å². The normalized spacial score (nSPS) is 18.7. The maximum Gasteiger partial charge on any atom is 0.229 e. The molecule has 1 aromatic heterocycles. The first-order valence-corrected chi connectivity index (χ1v) is 10.5. The standard InChI is InChI=1S/C22H31N5O2/c1-16-14-18(15-20(28-3)17(16)2)24-22-23-7-4-21(25-22)27-8-5-19(6-9-27)26-10-12-29-13-11-26/h4,7,14-15,19H,5-6,8-13H2,1-3H3,(H,23,24,25). The fourth-order valence-corrected chi connectivity index (χ4v) is 4.23. The molecule has 0 aliphatic carbocycles. The molecule has 0 amide bonds. The predicted octanol–water partition coefficient (Wildman–Crippen LogP) is 3.15. The highest BCUT2D eigenvalue weighted by molar-refractivity contribution is 5.61. The highest BCUT2D eigenvalue weighted by atomic mass is 16.5. The molecular weight excluding hydrogens is 366 g/mol. The van der Waals surface area contributed by atoms with Gasteiger partial charge in [0.2, 0.25) is 5.95 Å². The summed E-state index contributed by atoms with van der Waals surface area (Å²) in [6.07, 6.45) is 4.17. The number of morpholine rings is 1. The molecule has 1 N–H and O–H groups in total. The molecule has 2 aliphatic heterocycles. The number of methoxy groups -OCH3 is 1. The Morgan fingerprint density at radius 1 is 1.10 bits per heavy atom. The van der Waals surface area contributed by atoms with Crippen molar-refractivity contribution in [2.45, 2.75) is 32.7 Å². The van der Waals surface area contributed by atoms with E-state index in [0.29, 0.717) is 12.0 Å². The molecule has 2 saturated heterocycles. The number of benzene rings is 1. The molecule has 1 aromatic carbocycles. The molecule has 29 heavy (non-hydrogen) atoms. The molecule has 0 spiro atoms. The molecule has 0 atom stereocenters. The Morgan fingerprint density at radius 3 is 2.59 bits per heavy atom. The molecule has 2 aromatic rings. The first-order chi connectivity index (χ1) is 14.1. The van der Waals surface area contributed by atoms with Gasteiger partial charge in [0.1, 0.15) is 11.6 Å². The molecule has 4 rings (SSSR count). The molecule has 0 bridgehead atoms. The van der Waals surface area contributed by atoms with Crippen molar-refractivity contribution in [3.63, 3.8) is 0 Å². The lowest BCUT2D eigenvalue weighted by Crippen LogP contribution is -2.49. The van der Waals surface area contributed by atoms with Gasteiger partial charge in [-0.05, 0) is 49.9 Å². The zero-order valence-corrected chi connectivity index (χ0v) is 17.6. The topological polar surface area (TPSA) is 62.8 Å². The molecule has 3 heterocycles. The Balaban J connectivity index is 1.41. The van der Waals surface area contributed by atoms with E-state index < -0.39 is 0 Å². The molecule has 2 aliphatic rings. The second-order valence-electron chi connectivity index (χ2n) is 7.85. The van der Waals surface area contributed by atoms with Crippen molar-refractivity contribution in [1.82, 2.24) is 14.9 Å². The zero-order valence-electron chi connectivity index (χ0n) is 17.6. The van der Waals surface area contributed by atoms with Crippen LogP contribution in [0.15, 0.2) is 24.4 Å². The van der Waals surface area contributed by atoms with E-state index in [1.165, 1.54) is 18.4 Å². The minimum atomic E-state index is 0.614. The highest BCUT2D eigenvalue weighted by Crippen LogP contribution is 2.28. The van der Waals surface area contributed by atoms with Gasteiger partial charge in [0.25, 0.3) is 0 Å². The average molecular weight is 398 g/mol. The minimum absolute atomic E-state index is 0.614. The van der Waals surface area contributed by atoms with E-state index in [1.807, 2.05) is 18.3 Å². The van der Waals surface area contributed by atoms with Gasteiger partial charge in [0.15, 0.2) is 0 Å². The Hall–Kier alpha value is -2.38. The van der Waals surface area contributed by atoms with Crippen LogP contribution in [0.2, 0.25) is 0 Å². The fraction of sp³-hybridized carbons (Fsp3) is 0.545. The van der Waals surface area contributed by atoms with Crippen LogP contribution in [0, 0.1) is 13.8 Å². The van der Waals surface area contributed by atoms with Crippen LogP contribution >= 0.6 is 0 Å². The van der Waals surface area contributed by atoms with E-state index in [9.17, 15) is 0 Å². The van der Waals surface area contributed by atoms with E-state index >= 15 is 0 Å². The predicted molar refractivity (Wildman–Crippen MR) is 115 cm³/mol. The number of rotatable bonds is 5. The summed E-state index contributed by atoms with van der Waals surface area (Å²) in [5.74, 6) is 2.47. The van der Waals surface area contributed by atoms with Crippen molar-refractivity contribution < 1.29 is 9.47 Å². The van der Waals surface area contributed by atoms with E-state index in [0.717, 1.165) is 62.2 Å². The number of ether oxygens (including phenoxy) is 2. The molecule has 0 saturated carbocycles. The number of aromatic nitrogens is 2. The Bertz CT molecular complexity index is 830. The van der Waals surface area contributed by atoms with Crippen molar-refractivity contribution in [3.8, 4) is 5.75 Å². The Kier molecular flexibility index (Phi) is 6.16. The second-order valence-corrected chi connectivity index (χ2v) is 7.85. The number of piperidine rings is 1. The SMILES string of the molecule is COc1cc(Nc2nccc(N3CCC(N4CCOCC4)CC3)n2)cc(C)c1C. The van der Waals surface area contributed by atoms with Crippen molar-refractivity contribution in [2.75, 3.05) is 56.7 Å². The van der Waals surface area contributed by atoms with Crippen LogP contribution in [0.4, 0.5) is 17.5 Å². The van der Waals surface area contributed by atoms with Crippen LogP contribution in [0.25, 0.3) is 0 Å². The van der Waals surface area contributed by atoms with E-state index in [4.69, 9.17) is 14.5 Å². The van der Waals surface area contributed by atoms with Gasteiger partial charge in [-0.2, -0.15) is 4.98 Å². The first-order valence-electron chi connectivity index (χ1n) is 10.5. The summed E-state index contributed by atoms with van der Waals surface area (Å²) in [6, 6.07) is 6.76. The third-order valence-corrected chi connectivity index (χ3v) is 6.09. The third-order valence-electron chi connectivity index (χ3n) is 6.09. The Labute approximate surface area is 173 Å². The number of nitrogens with zero attached hydrogens (tertiary/aromatic N) is 4. The van der Waals surface area contributed by atoms with Gasteiger partial charge < -0.3 is 19.7 Å². The van der Waals surface area contributed by atoms with Crippen LogP contribution in [0.5, 0.6) is 5.75 Å². The van der Waals surface area contributed by atoms with E-state index in [2.05, 4.69) is 40.0 Å². The molecule has 7 nitrogen and oxygen atoms in total. The summed E-state index contributed by atoms with van der Waals surface area (Å²) in [5, 5.41) is 3.34. The van der Waals surface area contributed by atoms with Crippen molar-refractivity contribution in [3.05, 3.63) is 35.5 Å². The largest absolute Gasteiger partial charge is 0.496 e.